The number of benzene rings is 4. The van der Waals surface area contributed by atoms with Gasteiger partial charge >= 0.3 is 0 Å². The maximum atomic E-state index is 10.6. The van der Waals surface area contributed by atoms with Crippen molar-refractivity contribution in [2.75, 3.05) is 6.61 Å². The second kappa shape index (κ2) is 6.67. The Labute approximate surface area is 150 Å². The van der Waals surface area contributed by atoms with E-state index in [-0.39, 0.29) is 0 Å². The normalized spacial score (nSPS) is 15.4. The summed E-state index contributed by atoms with van der Waals surface area (Å²) in [7, 11) is 0. The minimum Gasteiger partial charge on any atom is -0.394 e. The largest absolute Gasteiger partial charge is 0.394 e. The third kappa shape index (κ3) is 2.73. The van der Waals surface area contributed by atoms with Gasteiger partial charge in [-0.3, -0.25) is 0 Å². The first-order valence-corrected chi connectivity index (χ1v) is 8.59. The molecule has 3 unspecified atom stereocenters. The molecule has 4 nitrogen and oxygen atoms in total. The fourth-order valence-electron chi connectivity index (χ4n) is 3.58. The zero-order chi connectivity index (χ0) is 18.3. The van der Waals surface area contributed by atoms with Crippen LogP contribution < -0.4 is 0 Å². The molecule has 4 N–H and O–H groups in total. The molecule has 0 heterocycles. The standard InChI is InChI=1S/C22H20O4/c23-12-19(24)22(26)21(25)17-7-3-6-13-8-9-16-10-14-4-1-2-5-15(14)11-18(16)20(13)17/h1-11,19,21-26H,12H2. The first-order chi connectivity index (χ1) is 12.6. The van der Waals surface area contributed by atoms with Gasteiger partial charge in [-0.1, -0.05) is 54.6 Å². The van der Waals surface area contributed by atoms with Crippen LogP contribution in [0.4, 0.5) is 0 Å². The smallest absolute Gasteiger partial charge is 0.112 e. The zero-order valence-electron chi connectivity index (χ0n) is 14.1. The van der Waals surface area contributed by atoms with Gasteiger partial charge in [0.1, 0.15) is 18.3 Å². The van der Waals surface area contributed by atoms with Crippen molar-refractivity contribution in [3.63, 3.8) is 0 Å². The van der Waals surface area contributed by atoms with Crippen molar-refractivity contribution < 1.29 is 20.4 Å². The number of hydrogen-bond acceptors (Lipinski definition) is 4. The average molecular weight is 348 g/mol. The number of aliphatic hydroxyl groups is 4. The summed E-state index contributed by atoms with van der Waals surface area (Å²) >= 11 is 0. The van der Waals surface area contributed by atoms with Crippen LogP contribution in [0.1, 0.15) is 11.7 Å². The lowest BCUT2D eigenvalue weighted by Gasteiger charge is -2.23. The van der Waals surface area contributed by atoms with Crippen molar-refractivity contribution >= 4 is 32.3 Å². The van der Waals surface area contributed by atoms with Crippen molar-refractivity contribution in [2.24, 2.45) is 0 Å². The minimum atomic E-state index is -1.47. The molecule has 0 saturated carbocycles. The average Bonchev–Trinajstić information content (AvgIpc) is 2.69. The van der Waals surface area contributed by atoms with Gasteiger partial charge in [0.25, 0.3) is 0 Å². The third-order valence-corrected chi connectivity index (χ3v) is 4.98. The highest BCUT2D eigenvalue weighted by atomic mass is 16.4. The maximum absolute atomic E-state index is 10.6. The topological polar surface area (TPSA) is 80.9 Å². The molecule has 4 rings (SSSR count). The third-order valence-electron chi connectivity index (χ3n) is 4.98. The van der Waals surface area contributed by atoms with Crippen LogP contribution in [0.15, 0.2) is 66.7 Å². The first kappa shape index (κ1) is 16.9. The molecule has 0 radical (unpaired) electrons. The molecule has 3 atom stereocenters. The fourth-order valence-corrected chi connectivity index (χ4v) is 3.58. The first-order valence-electron chi connectivity index (χ1n) is 8.59. The van der Waals surface area contributed by atoms with Gasteiger partial charge in [-0.05, 0) is 50.0 Å². The summed E-state index contributed by atoms with van der Waals surface area (Å²) in [6.07, 6.45) is -4.18. The predicted molar refractivity (Wildman–Crippen MR) is 103 cm³/mol. The highest BCUT2D eigenvalue weighted by molar-refractivity contribution is 6.13. The van der Waals surface area contributed by atoms with E-state index < -0.39 is 24.9 Å². The van der Waals surface area contributed by atoms with E-state index in [0.717, 1.165) is 32.3 Å². The summed E-state index contributed by atoms with van der Waals surface area (Å²) < 4.78 is 0. The van der Waals surface area contributed by atoms with Gasteiger partial charge in [-0.15, -0.1) is 0 Å². The molecular weight excluding hydrogens is 328 g/mol. The minimum absolute atomic E-state index is 0.531. The summed E-state index contributed by atoms with van der Waals surface area (Å²) in [6, 6.07) is 21.8. The lowest BCUT2D eigenvalue weighted by atomic mass is 9.91. The van der Waals surface area contributed by atoms with Gasteiger partial charge in [0, 0.05) is 0 Å². The van der Waals surface area contributed by atoms with Crippen molar-refractivity contribution in [3.8, 4) is 0 Å². The lowest BCUT2D eigenvalue weighted by Crippen LogP contribution is -2.34. The highest BCUT2D eigenvalue weighted by Gasteiger charge is 2.27. The van der Waals surface area contributed by atoms with Crippen molar-refractivity contribution in [2.45, 2.75) is 18.3 Å². The Morgan fingerprint density at radius 1 is 0.692 bits per heavy atom. The Hall–Kier alpha value is -2.50. The number of aliphatic hydroxyl groups excluding tert-OH is 4. The van der Waals surface area contributed by atoms with E-state index in [1.54, 1.807) is 6.07 Å². The Morgan fingerprint density at radius 3 is 2.08 bits per heavy atom. The molecule has 0 aliphatic carbocycles. The highest BCUT2D eigenvalue weighted by Crippen LogP contribution is 2.35. The summed E-state index contributed by atoms with van der Waals surface area (Å²) in [5, 5.41) is 45.6. The summed E-state index contributed by atoms with van der Waals surface area (Å²) in [4.78, 5) is 0. The van der Waals surface area contributed by atoms with Gasteiger partial charge < -0.3 is 20.4 Å². The molecule has 4 aromatic rings. The second-order valence-corrected chi connectivity index (χ2v) is 6.62. The van der Waals surface area contributed by atoms with Crippen molar-refractivity contribution in [3.05, 3.63) is 72.3 Å². The van der Waals surface area contributed by atoms with Crippen molar-refractivity contribution in [1.29, 1.82) is 0 Å². The molecule has 4 aromatic carbocycles. The van der Waals surface area contributed by atoms with E-state index in [9.17, 15) is 15.3 Å². The summed E-state index contributed by atoms with van der Waals surface area (Å²) in [5.41, 5.74) is 0.531. The lowest BCUT2D eigenvalue weighted by molar-refractivity contribution is -0.0772. The fraction of sp³-hybridized carbons (Fsp3) is 0.182. The molecule has 0 fully saturated rings. The van der Waals surface area contributed by atoms with Crippen LogP contribution >= 0.6 is 0 Å². The molecule has 0 bridgehead atoms. The van der Waals surface area contributed by atoms with Crippen LogP contribution in [-0.4, -0.2) is 39.2 Å². The zero-order valence-corrected chi connectivity index (χ0v) is 14.1. The predicted octanol–water partition coefficient (Wildman–Crippen LogP) is 2.89. The van der Waals surface area contributed by atoms with E-state index in [1.165, 1.54) is 0 Å². The van der Waals surface area contributed by atoms with Crippen LogP contribution in [0.2, 0.25) is 0 Å². The van der Waals surface area contributed by atoms with E-state index >= 15 is 0 Å². The van der Waals surface area contributed by atoms with E-state index in [0.29, 0.717) is 5.56 Å². The quantitative estimate of drug-likeness (QED) is 0.338. The van der Waals surface area contributed by atoms with Crippen LogP contribution in [-0.2, 0) is 0 Å². The SMILES string of the molecule is OCC(O)C(O)C(O)c1cccc2ccc3cc4ccccc4cc3c12. The number of fused-ring (bicyclic) bond motifs is 4. The van der Waals surface area contributed by atoms with Gasteiger partial charge in [-0.25, -0.2) is 0 Å². The second-order valence-electron chi connectivity index (χ2n) is 6.62. The maximum Gasteiger partial charge on any atom is 0.112 e. The molecule has 0 aliphatic rings. The molecular formula is C22H20O4. The molecule has 0 aliphatic heterocycles. The van der Waals surface area contributed by atoms with E-state index in [1.807, 2.05) is 42.5 Å². The monoisotopic (exact) mass is 348 g/mol. The Kier molecular flexibility index (Phi) is 4.34. The Morgan fingerprint density at radius 2 is 1.35 bits per heavy atom. The molecule has 0 amide bonds. The van der Waals surface area contributed by atoms with Crippen LogP contribution in [0.5, 0.6) is 0 Å². The summed E-state index contributed by atoms with van der Waals surface area (Å²) in [6.45, 7) is -0.617. The van der Waals surface area contributed by atoms with Crippen LogP contribution in [0, 0.1) is 0 Å². The molecule has 0 saturated heterocycles. The van der Waals surface area contributed by atoms with Gasteiger partial charge in [0.15, 0.2) is 0 Å². The molecule has 0 aromatic heterocycles. The van der Waals surface area contributed by atoms with E-state index in [2.05, 4.69) is 18.2 Å². The summed E-state index contributed by atoms with van der Waals surface area (Å²) in [5.74, 6) is 0. The Balaban J connectivity index is 2.01. The van der Waals surface area contributed by atoms with Crippen molar-refractivity contribution in [1.82, 2.24) is 0 Å². The molecule has 4 heteroatoms. The Bertz CT molecular complexity index is 1090. The molecule has 132 valence electrons. The van der Waals surface area contributed by atoms with Crippen LogP contribution in [0.3, 0.4) is 0 Å². The van der Waals surface area contributed by atoms with Gasteiger partial charge in [-0.2, -0.15) is 0 Å². The van der Waals surface area contributed by atoms with E-state index in [4.69, 9.17) is 5.11 Å². The number of hydrogen-bond donors (Lipinski definition) is 4. The van der Waals surface area contributed by atoms with Gasteiger partial charge in [0.2, 0.25) is 0 Å². The molecule has 0 spiro atoms. The van der Waals surface area contributed by atoms with Crippen LogP contribution in [0.25, 0.3) is 32.3 Å². The number of rotatable bonds is 4. The molecule has 26 heavy (non-hydrogen) atoms. The van der Waals surface area contributed by atoms with Gasteiger partial charge in [0.05, 0.1) is 6.61 Å².